The van der Waals surface area contributed by atoms with Gasteiger partial charge in [0.15, 0.2) is 5.76 Å². The van der Waals surface area contributed by atoms with Crippen molar-refractivity contribution in [2.45, 2.75) is 57.3 Å². The monoisotopic (exact) mass is 593 g/mol. The first-order valence-corrected chi connectivity index (χ1v) is 15.9. The van der Waals surface area contributed by atoms with Crippen molar-refractivity contribution in [2.24, 2.45) is 5.92 Å². The van der Waals surface area contributed by atoms with E-state index in [-0.39, 0.29) is 36.1 Å². The smallest absolute Gasteiger partial charge is 0.326 e. The van der Waals surface area contributed by atoms with E-state index in [9.17, 15) is 14.7 Å². The molecular weight excluding hydrogens is 554 g/mol. The molecule has 8 heteroatoms. The molecule has 1 fully saturated rings. The zero-order valence-corrected chi connectivity index (χ0v) is 25.1. The quantitative estimate of drug-likeness (QED) is 0.247. The fourth-order valence-corrected chi connectivity index (χ4v) is 7.53. The number of para-hydroxylation sites is 2. The Bertz CT molecular complexity index is 1760. The standard InChI is InChI=1S/C36H39N3O5/c1-2-43-35-28(13-8-20-40)30(27-12-7-11-26-25-10-4-3-9-23(25)21-29(26)27)22-33(44-35)34(41)38-18-16-24(17-19-38)39-32-15-6-5-14-31(32)37-36(39)42/h3-7,9-12,14-15,22,24,28,30,35,40H,2,8,13,16-21H2,1H3,(H,37,42)/t28-,30-,35-/m0/s1. The van der Waals surface area contributed by atoms with Crippen LogP contribution in [0.4, 0.5) is 0 Å². The maximum Gasteiger partial charge on any atom is 0.326 e. The molecule has 0 spiro atoms. The molecule has 44 heavy (non-hydrogen) atoms. The number of hydrogen-bond donors (Lipinski definition) is 2. The molecule has 1 saturated heterocycles. The number of likely N-dealkylation sites (tertiary alicyclic amines) is 1. The molecule has 0 unspecified atom stereocenters. The second kappa shape index (κ2) is 12.1. The molecule has 4 aromatic rings. The lowest BCUT2D eigenvalue weighted by molar-refractivity contribution is -0.170. The van der Waals surface area contributed by atoms with E-state index in [4.69, 9.17) is 9.47 Å². The van der Waals surface area contributed by atoms with E-state index in [0.29, 0.717) is 51.1 Å². The van der Waals surface area contributed by atoms with Gasteiger partial charge in [-0.3, -0.25) is 9.36 Å². The van der Waals surface area contributed by atoms with Gasteiger partial charge in [0, 0.05) is 44.2 Å². The highest BCUT2D eigenvalue weighted by atomic mass is 16.7. The lowest BCUT2D eigenvalue weighted by Crippen LogP contribution is -2.44. The topological polar surface area (TPSA) is 96.8 Å². The predicted molar refractivity (Wildman–Crippen MR) is 169 cm³/mol. The van der Waals surface area contributed by atoms with Crippen LogP contribution in [-0.2, 0) is 20.7 Å². The molecule has 0 saturated carbocycles. The number of imidazole rings is 1. The Morgan fingerprint density at radius 1 is 1.02 bits per heavy atom. The summed E-state index contributed by atoms with van der Waals surface area (Å²) in [5, 5.41) is 9.74. The van der Waals surface area contributed by atoms with E-state index in [0.717, 1.165) is 17.5 Å². The van der Waals surface area contributed by atoms with Gasteiger partial charge in [0.05, 0.1) is 11.0 Å². The van der Waals surface area contributed by atoms with Crippen molar-refractivity contribution in [2.75, 3.05) is 26.3 Å². The normalized spacial score (nSPS) is 21.5. The highest BCUT2D eigenvalue weighted by Crippen LogP contribution is 2.46. The van der Waals surface area contributed by atoms with Crippen LogP contribution in [0.3, 0.4) is 0 Å². The SMILES string of the molecule is CCO[C@H]1OC(C(=O)N2CCC(n3c(=O)[nH]c4ccccc43)CC2)=C[C@@H](c2cccc3c2Cc2ccccc2-3)[C@@H]1CCCO. The van der Waals surface area contributed by atoms with Gasteiger partial charge in [0.2, 0.25) is 6.29 Å². The summed E-state index contributed by atoms with van der Waals surface area (Å²) in [7, 11) is 0. The summed E-state index contributed by atoms with van der Waals surface area (Å²) in [5.74, 6) is 0.0381. The van der Waals surface area contributed by atoms with Gasteiger partial charge in [-0.2, -0.15) is 0 Å². The maximum atomic E-state index is 14.0. The van der Waals surface area contributed by atoms with E-state index in [2.05, 4.69) is 47.4 Å². The number of carbonyl (C=O) groups excluding carboxylic acids is 1. The van der Waals surface area contributed by atoms with Crippen LogP contribution in [0, 0.1) is 5.92 Å². The number of benzene rings is 3. The van der Waals surface area contributed by atoms with Crippen LogP contribution in [0.1, 0.15) is 61.3 Å². The Kier molecular flexibility index (Phi) is 7.87. The zero-order valence-electron chi connectivity index (χ0n) is 25.1. The van der Waals surface area contributed by atoms with Crippen molar-refractivity contribution in [1.82, 2.24) is 14.5 Å². The highest BCUT2D eigenvalue weighted by molar-refractivity contribution is 5.92. The lowest BCUT2D eigenvalue weighted by Gasteiger charge is -2.39. The van der Waals surface area contributed by atoms with Gasteiger partial charge in [-0.1, -0.05) is 54.6 Å². The Labute approximate surface area is 256 Å². The van der Waals surface area contributed by atoms with Crippen LogP contribution in [0.5, 0.6) is 0 Å². The van der Waals surface area contributed by atoms with Gasteiger partial charge >= 0.3 is 5.69 Å². The van der Waals surface area contributed by atoms with Gasteiger partial charge in [0.1, 0.15) is 0 Å². The first-order valence-electron chi connectivity index (χ1n) is 15.9. The van der Waals surface area contributed by atoms with E-state index in [1.807, 2.05) is 46.7 Å². The van der Waals surface area contributed by atoms with Crippen molar-refractivity contribution in [3.05, 3.63) is 106 Å². The summed E-state index contributed by atoms with van der Waals surface area (Å²) in [6.45, 7) is 3.55. The molecule has 0 radical (unpaired) electrons. The van der Waals surface area contributed by atoms with Crippen LogP contribution in [0.25, 0.3) is 22.2 Å². The molecule has 3 aromatic carbocycles. The van der Waals surface area contributed by atoms with Crippen molar-refractivity contribution >= 4 is 16.9 Å². The molecule has 0 bridgehead atoms. The summed E-state index contributed by atoms with van der Waals surface area (Å²) in [6.07, 6.45) is 4.97. The number of rotatable bonds is 8. The summed E-state index contributed by atoms with van der Waals surface area (Å²) < 4.78 is 14.4. The number of nitrogens with one attached hydrogen (secondary N) is 1. The number of piperidine rings is 1. The van der Waals surface area contributed by atoms with Crippen LogP contribution in [0.15, 0.2) is 83.4 Å². The van der Waals surface area contributed by atoms with E-state index in [1.165, 1.54) is 27.8 Å². The van der Waals surface area contributed by atoms with E-state index >= 15 is 0 Å². The predicted octanol–water partition coefficient (Wildman–Crippen LogP) is 5.51. The molecule has 3 aliphatic rings. The summed E-state index contributed by atoms with van der Waals surface area (Å²) in [5.41, 5.74) is 7.92. The zero-order chi connectivity index (χ0) is 30.2. The van der Waals surface area contributed by atoms with Crippen LogP contribution in [-0.4, -0.2) is 58.1 Å². The third-order valence-electron chi connectivity index (χ3n) is 9.61. The fourth-order valence-electron chi connectivity index (χ4n) is 7.53. The number of nitrogens with zero attached hydrogens (tertiary/aromatic N) is 2. The molecule has 228 valence electrons. The second-order valence-corrected chi connectivity index (χ2v) is 12.1. The third kappa shape index (κ3) is 5.06. The fraction of sp³-hybridized carbons (Fsp3) is 0.389. The Morgan fingerprint density at radius 2 is 1.80 bits per heavy atom. The van der Waals surface area contributed by atoms with E-state index < -0.39 is 6.29 Å². The van der Waals surface area contributed by atoms with Crippen molar-refractivity contribution in [3.63, 3.8) is 0 Å². The molecule has 8 nitrogen and oxygen atoms in total. The first kappa shape index (κ1) is 28.6. The number of carbonyl (C=O) groups is 1. The molecule has 3 atom stereocenters. The third-order valence-corrected chi connectivity index (χ3v) is 9.61. The molecule has 1 aromatic heterocycles. The number of fused-ring (bicyclic) bond motifs is 4. The Balaban J connectivity index is 1.18. The number of aliphatic hydroxyl groups is 1. The van der Waals surface area contributed by atoms with Crippen molar-refractivity contribution in [1.29, 1.82) is 0 Å². The molecule has 1 aliphatic carbocycles. The van der Waals surface area contributed by atoms with Crippen LogP contribution in [0.2, 0.25) is 0 Å². The molecule has 3 heterocycles. The number of hydrogen-bond acceptors (Lipinski definition) is 5. The average Bonchev–Trinajstić information content (AvgIpc) is 3.60. The van der Waals surface area contributed by atoms with Gasteiger partial charge in [-0.05, 0) is 85.1 Å². The molecule has 7 rings (SSSR count). The summed E-state index contributed by atoms with van der Waals surface area (Å²) in [6, 6.07) is 22.8. The number of amides is 1. The maximum absolute atomic E-state index is 14.0. The number of H-pyrrole nitrogens is 1. The minimum Gasteiger partial charge on any atom is -0.459 e. The second-order valence-electron chi connectivity index (χ2n) is 12.1. The number of aromatic amines is 1. The number of aliphatic hydroxyl groups excluding tert-OH is 1. The van der Waals surface area contributed by atoms with Crippen LogP contribution >= 0.6 is 0 Å². The van der Waals surface area contributed by atoms with Crippen molar-refractivity contribution in [3.8, 4) is 11.1 Å². The van der Waals surface area contributed by atoms with Gasteiger partial charge in [0.25, 0.3) is 5.91 Å². The Morgan fingerprint density at radius 3 is 2.61 bits per heavy atom. The van der Waals surface area contributed by atoms with Gasteiger partial charge in [-0.15, -0.1) is 0 Å². The largest absolute Gasteiger partial charge is 0.459 e. The molecule has 2 aliphatic heterocycles. The Hall–Kier alpha value is -4.14. The summed E-state index contributed by atoms with van der Waals surface area (Å²) >= 11 is 0. The van der Waals surface area contributed by atoms with Gasteiger partial charge < -0.3 is 24.5 Å². The summed E-state index contributed by atoms with van der Waals surface area (Å²) in [4.78, 5) is 31.6. The molecular formula is C36H39N3O5. The number of ether oxygens (including phenoxy) is 2. The van der Waals surface area contributed by atoms with E-state index in [1.54, 1.807) is 0 Å². The molecule has 1 amide bonds. The van der Waals surface area contributed by atoms with Crippen molar-refractivity contribution < 1.29 is 19.4 Å². The highest BCUT2D eigenvalue weighted by Gasteiger charge is 2.41. The first-order chi connectivity index (χ1) is 21.6. The van der Waals surface area contributed by atoms with Gasteiger partial charge in [-0.25, -0.2) is 4.79 Å². The molecule has 2 N–H and O–H groups in total. The number of allylic oxidation sites excluding steroid dienone is 1. The minimum absolute atomic E-state index is 0.0178. The lowest BCUT2D eigenvalue weighted by atomic mass is 9.78. The number of aromatic nitrogens is 2. The average molecular weight is 594 g/mol. The van der Waals surface area contributed by atoms with Crippen LogP contribution < -0.4 is 5.69 Å². The minimum atomic E-state index is -0.595.